The maximum atomic E-state index is 12.0. The van der Waals surface area contributed by atoms with Gasteiger partial charge in [-0.3, -0.25) is 24.6 Å². The molecule has 5 nitrogen and oxygen atoms in total. The van der Waals surface area contributed by atoms with Gasteiger partial charge in [-0.05, 0) is 49.6 Å². The van der Waals surface area contributed by atoms with E-state index in [4.69, 9.17) is 0 Å². The minimum Gasteiger partial charge on any atom is -0.298 e. The van der Waals surface area contributed by atoms with Crippen LogP contribution < -0.4 is 5.32 Å². The summed E-state index contributed by atoms with van der Waals surface area (Å²) in [4.78, 5) is 36.5. The fourth-order valence-corrected chi connectivity index (χ4v) is 3.11. The third-order valence-corrected chi connectivity index (χ3v) is 4.53. The highest BCUT2D eigenvalue weighted by atomic mass is 16.2. The van der Waals surface area contributed by atoms with Gasteiger partial charge in [0.1, 0.15) is 6.29 Å². The average molecular weight is 328 g/mol. The largest absolute Gasteiger partial charge is 0.298 e. The van der Waals surface area contributed by atoms with Crippen LogP contribution in [0.2, 0.25) is 0 Å². The lowest BCUT2D eigenvalue weighted by Crippen LogP contribution is -2.51. The second-order valence-electron chi connectivity index (χ2n) is 6.08. The van der Waals surface area contributed by atoms with Gasteiger partial charge in [-0.25, -0.2) is 0 Å². The van der Waals surface area contributed by atoms with Gasteiger partial charge < -0.3 is 0 Å². The minimum absolute atomic E-state index is 0.221. The fourth-order valence-electron chi connectivity index (χ4n) is 3.11. The molecule has 1 aliphatic rings. The molecule has 1 unspecified atom stereocenters. The van der Waals surface area contributed by atoms with Gasteiger partial charge in [-0.15, -0.1) is 0 Å². The van der Waals surface area contributed by atoms with E-state index < -0.39 is 0 Å². The normalized spacial score (nSPS) is 18.7. The van der Waals surface area contributed by atoms with Crippen molar-refractivity contribution in [3.8, 4) is 0 Å². The van der Waals surface area contributed by atoms with Gasteiger partial charge in [-0.2, -0.15) is 0 Å². The number of rotatable bonds is 6. The number of piperidine rings is 1. The number of amides is 2. The monoisotopic (exact) mass is 328 g/mol. The summed E-state index contributed by atoms with van der Waals surface area (Å²) >= 11 is 0. The van der Waals surface area contributed by atoms with Crippen molar-refractivity contribution in [2.75, 3.05) is 7.05 Å². The molecule has 1 aromatic rings. The molecule has 24 heavy (non-hydrogen) atoms. The Labute approximate surface area is 142 Å². The summed E-state index contributed by atoms with van der Waals surface area (Å²) in [6, 6.07) is 5.45. The van der Waals surface area contributed by atoms with E-state index in [0.717, 1.165) is 23.8 Å². The first kappa shape index (κ1) is 18.1. The molecule has 1 saturated heterocycles. The van der Waals surface area contributed by atoms with Crippen LogP contribution in [0.5, 0.6) is 0 Å². The smallest absolute Gasteiger partial charge is 0.243 e. The number of nitrogens with one attached hydrogen (secondary N) is 1. The summed E-state index contributed by atoms with van der Waals surface area (Å²) in [6.07, 6.45) is 4.69. The summed E-state index contributed by atoms with van der Waals surface area (Å²) in [5, 5.41) is 2.37. The van der Waals surface area contributed by atoms with E-state index in [1.165, 1.54) is 5.57 Å². The standard InChI is InChI=1S/C19H24N2O3/c1-4-13(5-2)14-6-7-15(12-22)16(10-14)11-21(3)17-8-9-18(23)20-19(17)24/h4,6-7,10,12,17H,5,8-9,11H2,1-3H3,(H,20,23,24)/b13-4+. The third-order valence-electron chi connectivity index (χ3n) is 4.53. The molecule has 2 rings (SSSR count). The second kappa shape index (κ2) is 8.02. The Morgan fingerprint density at radius 2 is 2.12 bits per heavy atom. The first-order valence-corrected chi connectivity index (χ1v) is 8.27. The van der Waals surface area contributed by atoms with Crippen molar-refractivity contribution in [1.29, 1.82) is 0 Å². The molecule has 0 saturated carbocycles. The van der Waals surface area contributed by atoms with E-state index in [-0.39, 0.29) is 17.9 Å². The van der Waals surface area contributed by atoms with Gasteiger partial charge in [-0.1, -0.05) is 25.1 Å². The van der Waals surface area contributed by atoms with E-state index in [0.29, 0.717) is 24.9 Å². The number of benzene rings is 1. The van der Waals surface area contributed by atoms with Crippen molar-refractivity contribution in [2.24, 2.45) is 0 Å². The number of carbonyl (C=O) groups is 3. The summed E-state index contributed by atoms with van der Waals surface area (Å²) in [7, 11) is 1.84. The van der Waals surface area contributed by atoms with Crippen LogP contribution in [0.4, 0.5) is 0 Å². The lowest BCUT2D eigenvalue weighted by molar-refractivity contribution is -0.137. The number of likely N-dealkylation sites (N-methyl/N-ethyl adjacent to an activating group) is 1. The second-order valence-corrected chi connectivity index (χ2v) is 6.08. The first-order valence-electron chi connectivity index (χ1n) is 8.27. The molecule has 0 bridgehead atoms. The first-order chi connectivity index (χ1) is 11.5. The SMILES string of the molecule is C/C=C(\CC)c1ccc(C=O)c(CN(C)C2CCC(=O)NC2=O)c1. The van der Waals surface area contributed by atoms with E-state index in [2.05, 4.69) is 18.3 Å². The van der Waals surface area contributed by atoms with Crippen LogP contribution in [-0.2, 0) is 16.1 Å². The van der Waals surface area contributed by atoms with Crippen molar-refractivity contribution in [3.05, 3.63) is 41.0 Å². The summed E-state index contributed by atoms with van der Waals surface area (Å²) in [5.74, 6) is -0.485. The number of hydrogen-bond donors (Lipinski definition) is 1. The Morgan fingerprint density at radius 1 is 1.38 bits per heavy atom. The van der Waals surface area contributed by atoms with E-state index >= 15 is 0 Å². The molecule has 1 atom stereocenters. The molecule has 2 amide bonds. The molecule has 1 heterocycles. The molecule has 1 N–H and O–H groups in total. The molecule has 128 valence electrons. The number of imide groups is 1. The van der Waals surface area contributed by atoms with Gasteiger partial charge in [0, 0.05) is 18.5 Å². The zero-order valence-corrected chi connectivity index (χ0v) is 14.5. The predicted octanol–water partition coefficient (Wildman–Crippen LogP) is 2.55. The van der Waals surface area contributed by atoms with Crippen LogP contribution in [0.15, 0.2) is 24.3 Å². The van der Waals surface area contributed by atoms with Crippen molar-refractivity contribution in [1.82, 2.24) is 10.2 Å². The highest BCUT2D eigenvalue weighted by Crippen LogP contribution is 2.23. The van der Waals surface area contributed by atoms with E-state index in [1.54, 1.807) is 0 Å². The van der Waals surface area contributed by atoms with E-state index in [9.17, 15) is 14.4 Å². The van der Waals surface area contributed by atoms with Gasteiger partial charge in [0.25, 0.3) is 0 Å². The zero-order chi connectivity index (χ0) is 17.7. The predicted molar refractivity (Wildman–Crippen MR) is 93.4 cm³/mol. The summed E-state index contributed by atoms with van der Waals surface area (Å²) in [5.41, 5.74) is 3.83. The molecule has 0 spiro atoms. The molecular formula is C19H24N2O3. The zero-order valence-electron chi connectivity index (χ0n) is 14.5. The maximum absolute atomic E-state index is 12.0. The molecule has 1 aromatic carbocycles. The third kappa shape index (κ3) is 3.97. The van der Waals surface area contributed by atoms with Crippen molar-refractivity contribution in [3.63, 3.8) is 0 Å². The van der Waals surface area contributed by atoms with Gasteiger partial charge in [0.2, 0.25) is 11.8 Å². The maximum Gasteiger partial charge on any atom is 0.243 e. The van der Waals surface area contributed by atoms with E-state index in [1.807, 2.05) is 37.1 Å². The lowest BCUT2D eigenvalue weighted by Gasteiger charge is -2.30. The van der Waals surface area contributed by atoms with Crippen molar-refractivity contribution < 1.29 is 14.4 Å². The molecular weight excluding hydrogens is 304 g/mol. The minimum atomic E-state index is -0.349. The van der Waals surface area contributed by atoms with Crippen LogP contribution in [0, 0.1) is 0 Å². The topological polar surface area (TPSA) is 66.5 Å². The Bertz CT molecular complexity index is 679. The Morgan fingerprint density at radius 3 is 2.71 bits per heavy atom. The average Bonchev–Trinajstić information content (AvgIpc) is 2.56. The van der Waals surface area contributed by atoms with Crippen LogP contribution in [-0.4, -0.2) is 36.1 Å². The lowest BCUT2D eigenvalue weighted by atomic mass is 9.97. The molecule has 1 aliphatic heterocycles. The van der Waals surface area contributed by atoms with Crippen LogP contribution in [0.25, 0.3) is 5.57 Å². The number of hydrogen-bond acceptors (Lipinski definition) is 4. The van der Waals surface area contributed by atoms with Crippen LogP contribution in [0.1, 0.15) is 54.6 Å². The molecule has 5 heteroatoms. The van der Waals surface area contributed by atoms with Crippen molar-refractivity contribution >= 4 is 23.7 Å². The molecule has 0 aromatic heterocycles. The van der Waals surface area contributed by atoms with Crippen molar-refractivity contribution in [2.45, 2.75) is 45.7 Å². The summed E-state index contributed by atoms with van der Waals surface area (Å²) in [6.45, 7) is 4.58. The summed E-state index contributed by atoms with van der Waals surface area (Å²) < 4.78 is 0. The molecule has 1 fully saturated rings. The quantitative estimate of drug-likeness (QED) is 0.644. The number of nitrogens with zero attached hydrogens (tertiary/aromatic N) is 1. The Kier molecular flexibility index (Phi) is 6.04. The van der Waals surface area contributed by atoms with Crippen LogP contribution in [0.3, 0.4) is 0 Å². The molecule has 0 aliphatic carbocycles. The van der Waals surface area contributed by atoms with Crippen LogP contribution >= 0.6 is 0 Å². The number of aldehydes is 1. The van der Waals surface area contributed by atoms with Gasteiger partial charge in [0.05, 0.1) is 6.04 Å². The fraction of sp³-hybridized carbons (Fsp3) is 0.421. The number of allylic oxidation sites excluding steroid dienone is 2. The van der Waals surface area contributed by atoms with Gasteiger partial charge >= 0.3 is 0 Å². The highest BCUT2D eigenvalue weighted by Gasteiger charge is 2.29. The van der Waals surface area contributed by atoms with Gasteiger partial charge in [0.15, 0.2) is 0 Å². The number of carbonyl (C=O) groups excluding carboxylic acids is 3. The Balaban J connectivity index is 2.24. The molecule has 0 radical (unpaired) electrons. The Hall–Kier alpha value is -2.27. The highest BCUT2D eigenvalue weighted by molar-refractivity contribution is 6.00.